The fourth-order valence-electron chi connectivity index (χ4n) is 2.93. The van der Waals surface area contributed by atoms with E-state index < -0.39 is 5.97 Å². The highest BCUT2D eigenvalue weighted by atomic mass is 16.4. The molecule has 1 atom stereocenters. The summed E-state index contributed by atoms with van der Waals surface area (Å²) in [6.45, 7) is 2.56. The fraction of sp³-hybridized carbons (Fsp3) is 0.750. The normalized spacial score (nSPS) is 24.8. The molecule has 1 unspecified atom stereocenters. The van der Waals surface area contributed by atoms with Crippen LogP contribution in [0.25, 0.3) is 0 Å². The van der Waals surface area contributed by atoms with Gasteiger partial charge in [0.2, 0.25) is 0 Å². The van der Waals surface area contributed by atoms with Crippen LogP contribution in [0.4, 0.5) is 0 Å². The van der Waals surface area contributed by atoms with Gasteiger partial charge in [-0.25, -0.2) is 0 Å². The Balaban J connectivity index is 1.84. The third-order valence-corrected chi connectivity index (χ3v) is 4.03. The van der Waals surface area contributed by atoms with E-state index in [0.29, 0.717) is 18.9 Å². The lowest BCUT2D eigenvalue weighted by Gasteiger charge is -2.26. The molecule has 0 aromatic carbocycles. The number of nitrogens with zero attached hydrogens (tertiary/aromatic N) is 3. The molecule has 0 saturated carbocycles. The largest absolute Gasteiger partial charge is 0.481 e. The highest BCUT2D eigenvalue weighted by Crippen LogP contribution is 2.28. The third kappa shape index (κ3) is 2.01. The summed E-state index contributed by atoms with van der Waals surface area (Å²) in [6, 6.07) is 0. The van der Waals surface area contributed by atoms with Crippen LogP contribution in [-0.2, 0) is 17.8 Å². The van der Waals surface area contributed by atoms with Crippen LogP contribution in [-0.4, -0.2) is 38.9 Å². The van der Waals surface area contributed by atoms with Gasteiger partial charge in [0.05, 0.1) is 5.92 Å². The molecule has 6 heteroatoms. The lowest BCUT2D eigenvalue weighted by molar-refractivity contribution is -0.142. The van der Waals surface area contributed by atoms with Gasteiger partial charge in [-0.15, -0.1) is 10.2 Å². The Hall–Kier alpha value is -1.43. The Kier molecular flexibility index (Phi) is 3.03. The number of aliphatic carboxylic acids is 1. The molecule has 6 nitrogen and oxygen atoms in total. The van der Waals surface area contributed by atoms with E-state index >= 15 is 0 Å². The third-order valence-electron chi connectivity index (χ3n) is 4.03. The van der Waals surface area contributed by atoms with Crippen LogP contribution in [0.2, 0.25) is 0 Å². The van der Waals surface area contributed by atoms with Crippen molar-refractivity contribution in [3.05, 3.63) is 11.6 Å². The van der Waals surface area contributed by atoms with Crippen molar-refractivity contribution < 1.29 is 9.90 Å². The van der Waals surface area contributed by atoms with E-state index in [1.807, 2.05) is 0 Å². The summed E-state index contributed by atoms with van der Waals surface area (Å²) in [5.41, 5.74) is 0. The molecule has 3 rings (SSSR count). The molecule has 0 amide bonds. The minimum absolute atomic E-state index is 0.283. The van der Waals surface area contributed by atoms with E-state index in [4.69, 9.17) is 5.11 Å². The minimum Gasteiger partial charge on any atom is -0.481 e. The smallest absolute Gasteiger partial charge is 0.308 e. The minimum atomic E-state index is -0.703. The molecule has 1 aromatic heterocycles. The average Bonchev–Trinajstić information content (AvgIpc) is 2.82. The number of hydrogen-bond donors (Lipinski definition) is 2. The SMILES string of the molecule is O=C(O)C1CCc2nnc(C3CCNCC3)n2C1. The predicted octanol–water partition coefficient (Wildman–Crippen LogP) is 0.392. The van der Waals surface area contributed by atoms with Crippen LogP contribution < -0.4 is 5.32 Å². The summed E-state index contributed by atoms with van der Waals surface area (Å²) in [4.78, 5) is 11.1. The van der Waals surface area contributed by atoms with Crippen molar-refractivity contribution in [1.29, 1.82) is 0 Å². The quantitative estimate of drug-likeness (QED) is 0.793. The number of hydrogen-bond acceptors (Lipinski definition) is 4. The number of piperidine rings is 1. The Morgan fingerprint density at radius 1 is 1.28 bits per heavy atom. The van der Waals surface area contributed by atoms with Gasteiger partial charge in [-0.3, -0.25) is 4.79 Å². The molecule has 0 spiro atoms. The second kappa shape index (κ2) is 4.68. The number of nitrogens with one attached hydrogen (secondary N) is 1. The molecule has 1 aromatic rings. The van der Waals surface area contributed by atoms with Crippen molar-refractivity contribution in [2.75, 3.05) is 13.1 Å². The first-order chi connectivity index (χ1) is 8.75. The van der Waals surface area contributed by atoms with E-state index in [1.165, 1.54) is 0 Å². The zero-order valence-corrected chi connectivity index (χ0v) is 10.3. The molecule has 1 fully saturated rings. The first-order valence-corrected chi connectivity index (χ1v) is 6.61. The van der Waals surface area contributed by atoms with Crippen LogP contribution >= 0.6 is 0 Å². The first kappa shape index (κ1) is 11.6. The monoisotopic (exact) mass is 250 g/mol. The van der Waals surface area contributed by atoms with Gasteiger partial charge in [0.1, 0.15) is 11.6 Å². The van der Waals surface area contributed by atoms with Crippen LogP contribution in [0.5, 0.6) is 0 Å². The molecule has 0 bridgehead atoms. The maximum atomic E-state index is 11.1. The molecule has 2 aliphatic heterocycles. The summed E-state index contributed by atoms with van der Waals surface area (Å²) >= 11 is 0. The average molecular weight is 250 g/mol. The second-order valence-corrected chi connectivity index (χ2v) is 5.18. The molecular formula is C12H18N4O2. The summed E-state index contributed by atoms with van der Waals surface area (Å²) in [5.74, 6) is 1.40. The number of aryl methyl sites for hydroxylation is 1. The van der Waals surface area contributed by atoms with Crippen LogP contribution in [0.1, 0.15) is 36.8 Å². The first-order valence-electron chi connectivity index (χ1n) is 6.61. The van der Waals surface area contributed by atoms with Crippen molar-refractivity contribution in [1.82, 2.24) is 20.1 Å². The van der Waals surface area contributed by atoms with Gasteiger partial charge in [-0.05, 0) is 32.4 Å². The Bertz CT molecular complexity index is 451. The number of carboxylic acids is 1. The zero-order valence-electron chi connectivity index (χ0n) is 10.3. The van der Waals surface area contributed by atoms with Crippen molar-refractivity contribution in [3.8, 4) is 0 Å². The number of rotatable bonds is 2. The van der Waals surface area contributed by atoms with Gasteiger partial charge in [0, 0.05) is 18.9 Å². The maximum absolute atomic E-state index is 11.1. The van der Waals surface area contributed by atoms with Crippen LogP contribution in [0.15, 0.2) is 0 Å². The molecular weight excluding hydrogens is 232 g/mol. The van der Waals surface area contributed by atoms with Crippen molar-refractivity contribution in [3.63, 3.8) is 0 Å². The molecule has 2 N–H and O–H groups in total. The van der Waals surface area contributed by atoms with Crippen LogP contribution in [0, 0.1) is 5.92 Å². The van der Waals surface area contributed by atoms with E-state index in [9.17, 15) is 4.79 Å². The molecule has 98 valence electrons. The molecule has 0 radical (unpaired) electrons. The van der Waals surface area contributed by atoms with Gasteiger partial charge < -0.3 is 15.0 Å². The standard InChI is InChI=1S/C12H18N4O2/c17-12(18)9-1-2-10-14-15-11(16(10)7-9)8-3-5-13-6-4-8/h8-9,13H,1-7H2,(H,17,18). The molecule has 18 heavy (non-hydrogen) atoms. The van der Waals surface area contributed by atoms with Gasteiger partial charge in [0.15, 0.2) is 0 Å². The zero-order chi connectivity index (χ0) is 12.5. The summed E-state index contributed by atoms with van der Waals surface area (Å²) in [5, 5.41) is 21.0. The lowest BCUT2D eigenvalue weighted by atomic mass is 9.95. The Morgan fingerprint density at radius 2 is 2.06 bits per heavy atom. The lowest BCUT2D eigenvalue weighted by Crippen LogP contribution is -2.31. The predicted molar refractivity (Wildman–Crippen MR) is 64.3 cm³/mol. The van der Waals surface area contributed by atoms with E-state index in [2.05, 4.69) is 20.1 Å². The van der Waals surface area contributed by atoms with E-state index in [-0.39, 0.29) is 5.92 Å². The number of carboxylic acid groups (broad SMARTS) is 1. The van der Waals surface area contributed by atoms with Gasteiger partial charge in [-0.2, -0.15) is 0 Å². The Labute approximate surface area is 105 Å². The second-order valence-electron chi connectivity index (χ2n) is 5.18. The molecule has 0 aliphatic carbocycles. The summed E-state index contributed by atoms with van der Waals surface area (Å²) in [6.07, 6.45) is 3.54. The molecule has 3 heterocycles. The number of aromatic nitrogens is 3. The topological polar surface area (TPSA) is 80.0 Å². The van der Waals surface area contributed by atoms with E-state index in [1.54, 1.807) is 0 Å². The molecule has 2 aliphatic rings. The van der Waals surface area contributed by atoms with Gasteiger partial charge in [-0.1, -0.05) is 0 Å². The highest BCUT2D eigenvalue weighted by molar-refractivity contribution is 5.70. The summed E-state index contributed by atoms with van der Waals surface area (Å²) in [7, 11) is 0. The van der Waals surface area contributed by atoms with E-state index in [0.717, 1.165) is 44.0 Å². The summed E-state index contributed by atoms with van der Waals surface area (Å²) < 4.78 is 2.05. The number of fused-ring (bicyclic) bond motifs is 1. The van der Waals surface area contributed by atoms with Gasteiger partial charge >= 0.3 is 5.97 Å². The van der Waals surface area contributed by atoms with Crippen molar-refractivity contribution in [2.45, 2.75) is 38.1 Å². The maximum Gasteiger partial charge on any atom is 0.308 e. The number of carbonyl (C=O) groups is 1. The molecule has 1 saturated heterocycles. The Morgan fingerprint density at radius 3 is 2.78 bits per heavy atom. The van der Waals surface area contributed by atoms with Crippen LogP contribution in [0.3, 0.4) is 0 Å². The highest BCUT2D eigenvalue weighted by Gasteiger charge is 2.30. The van der Waals surface area contributed by atoms with Gasteiger partial charge in [0.25, 0.3) is 0 Å². The van der Waals surface area contributed by atoms with Crippen molar-refractivity contribution in [2.24, 2.45) is 5.92 Å². The fourth-order valence-corrected chi connectivity index (χ4v) is 2.93. The van der Waals surface area contributed by atoms with Crippen molar-refractivity contribution >= 4 is 5.97 Å².